The molecule has 0 fully saturated rings. The topological polar surface area (TPSA) is 52.0 Å². The van der Waals surface area contributed by atoms with E-state index in [1.165, 1.54) is 0 Å². The number of methoxy groups -OCH3 is 1. The van der Waals surface area contributed by atoms with Crippen LogP contribution in [0.5, 0.6) is 5.75 Å². The van der Waals surface area contributed by atoms with Crippen LogP contribution in [0.15, 0.2) is 60.8 Å². The lowest BCUT2D eigenvalue weighted by Gasteiger charge is -2.29. The van der Waals surface area contributed by atoms with E-state index in [0.29, 0.717) is 0 Å². The van der Waals surface area contributed by atoms with Crippen LogP contribution < -0.4 is 10.1 Å². The van der Waals surface area contributed by atoms with E-state index in [2.05, 4.69) is 44.1 Å². The highest BCUT2D eigenvalue weighted by Crippen LogP contribution is 2.42. The maximum Gasteiger partial charge on any atom is 0.224 e. The Bertz CT molecular complexity index is 1140. The first-order valence-corrected chi connectivity index (χ1v) is 8.67. The third kappa shape index (κ3) is 2.17. The average molecular weight is 363 g/mol. The number of fused-ring (bicyclic) bond motifs is 5. The lowest BCUT2D eigenvalue weighted by Crippen LogP contribution is -2.24. The van der Waals surface area contributed by atoms with Crippen molar-refractivity contribution in [2.75, 3.05) is 12.4 Å². The summed E-state index contributed by atoms with van der Waals surface area (Å²) in [4.78, 5) is 8.62. The molecule has 0 radical (unpaired) electrons. The van der Waals surface area contributed by atoms with Gasteiger partial charge in [0, 0.05) is 10.9 Å². The van der Waals surface area contributed by atoms with Gasteiger partial charge in [-0.15, -0.1) is 0 Å². The average Bonchev–Trinajstić information content (AvgIpc) is 3.07. The molecule has 0 aliphatic carbocycles. The molecule has 0 saturated heterocycles. The van der Waals surface area contributed by atoms with E-state index in [9.17, 15) is 0 Å². The van der Waals surface area contributed by atoms with Gasteiger partial charge in [-0.05, 0) is 29.8 Å². The van der Waals surface area contributed by atoms with Gasteiger partial charge in [0.2, 0.25) is 5.28 Å². The van der Waals surface area contributed by atoms with Gasteiger partial charge < -0.3 is 10.1 Å². The largest absolute Gasteiger partial charge is 0.496 e. The zero-order valence-electron chi connectivity index (χ0n) is 14.0. The molecule has 1 atom stereocenters. The standard InChI is InChI=1S/C20H15ClN4O/c1-26-17-9-5-3-7-13(17)18-16-10-12-6-2-4-8-15(12)25(16)19-14(23-18)11-22-20(21)24-19/h2-11,18,23H,1H3. The number of hydrogen-bond acceptors (Lipinski definition) is 4. The van der Waals surface area contributed by atoms with Crippen LogP contribution in [0, 0.1) is 0 Å². The molecule has 1 unspecified atom stereocenters. The number of ether oxygens (including phenoxy) is 1. The molecule has 128 valence electrons. The van der Waals surface area contributed by atoms with Crippen LogP contribution in [-0.2, 0) is 0 Å². The number of aromatic nitrogens is 3. The first-order chi connectivity index (χ1) is 12.8. The van der Waals surface area contributed by atoms with Crippen molar-refractivity contribution in [2.24, 2.45) is 0 Å². The summed E-state index contributed by atoms with van der Waals surface area (Å²) in [5.74, 6) is 1.59. The molecule has 6 heteroatoms. The van der Waals surface area contributed by atoms with Crippen LogP contribution in [-0.4, -0.2) is 21.6 Å². The molecule has 1 aliphatic rings. The molecular formula is C20H15ClN4O. The molecule has 0 amide bonds. The van der Waals surface area contributed by atoms with Crippen LogP contribution in [0.1, 0.15) is 17.3 Å². The Morgan fingerprint density at radius 1 is 1.12 bits per heavy atom. The molecule has 3 heterocycles. The molecule has 0 saturated carbocycles. The number of nitrogens with one attached hydrogen (secondary N) is 1. The molecule has 1 N–H and O–H groups in total. The van der Waals surface area contributed by atoms with Gasteiger partial charge in [0.25, 0.3) is 0 Å². The van der Waals surface area contributed by atoms with E-state index in [-0.39, 0.29) is 11.3 Å². The number of rotatable bonds is 2. The Balaban J connectivity index is 1.83. The Hall–Kier alpha value is -3.05. The first-order valence-electron chi connectivity index (χ1n) is 8.29. The predicted molar refractivity (Wildman–Crippen MR) is 102 cm³/mol. The van der Waals surface area contributed by atoms with Crippen LogP contribution in [0.2, 0.25) is 5.28 Å². The summed E-state index contributed by atoms with van der Waals surface area (Å²) in [6.45, 7) is 0. The number of halogens is 1. The van der Waals surface area contributed by atoms with E-state index in [0.717, 1.165) is 39.4 Å². The SMILES string of the molecule is COc1ccccc1C1Nc2cnc(Cl)nc2-n2c1cc1ccccc12. The fourth-order valence-electron chi connectivity index (χ4n) is 3.62. The second-order valence-corrected chi connectivity index (χ2v) is 6.50. The lowest BCUT2D eigenvalue weighted by molar-refractivity contribution is 0.408. The minimum absolute atomic E-state index is 0.0872. The van der Waals surface area contributed by atoms with Crippen molar-refractivity contribution in [3.05, 3.63) is 77.3 Å². The summed E-state index contributed by atoms with van der Waals surface area (Å²) in [5, 5.41) is 4.92. The van der Waals surface area contributed by atoms with Gasteiger partial charge in [-0.2, -0.15) is 4.98 Å². The number of nitrogens with zero attached hydrogens (tertiary/aromatic N) is 3. The Kier molecular flexibility index (Phi) is 3.36. The summed E-state index contributed by atoms with van der Waals surface area (Å²) in [6, 6.07) is 18.4. The van der Waals surface area contributed by atoms with Crippen molar-refractivity contribution in [3.63, 3.8) is 0 Å². The number of hydrogen-bond donors (Lipinski definition) is 1. The summed E-state index contributed by atoms with van der Waals surface area (Å²) in [5.41, 5.74) is 4.05. The van der Waals surface area contributed by atoms with Crippen molar-refractivity contribution in [3.8, 4) is 11.6 Å². The smallest absolute Gasteiger partial charge is 0.224 e. The number of benzene rings is 2. The molecule has 0 spiro atoms. The molecule has 4 aromatic rings. The minimum Gasteiger partial charge on any atom is -0.496 e. The summed E-state index contributed by atoms with van der Waals surface area (Å²) in [7, 11) is 1.69. The van der Waals surface area contributed by atoms with Crippen LogP contribution in [0.25, 0.3) is 16.7 Å². The monoisotopic (exact) mass is 362 g/mol. The van der Waals surface area contributed by atoms with E-state index in [4.69, 9.17) is 16.3 Å². The zero-order valence-corrected chi connectivity index (χ0v) is 14.7. The predicted octanol–water partition coefficient (Wildman–Crippen LogP) is 4.60. The van der Waals surface area contributed by atoms with Crippen LogP contribution in [0.4, 0.5) is 5.69 Å². The number of anilines is 1. The molecule has 5 rings (SSSR count). The highest BCUT2D eigenvalue weighted by atomic mass is 35.5. The molecule has 2 aromatic carbocycles. The van der Waals surface area contributed by atoms with Crippen molar-refractivity contribution < 1.29 is 4.74 Å². The lowest BCUT2D eigenvalue weighted by atomic mass is 10.0. The van der Waals surface area contributed by atoms with E-state index in [1.54, 1.807) is 13.3 Å². The van der Waals surface area contributed by atoms with E-state index >= 15 is 0 Å². The van der Waals surface area contributed by atoms with Crippen molar-refractivity contribution >= 4 is 28.2 Å². The maximum absolute atomic E-state index is 6.08. The Morgan fingerprint density at radius 3 is 2.81 bits per heavy atom. The van der Waals surface area contributed by atoms with Gasteiger partial charge in [-0.3, -0.25) is 4.57 Å². The molecule has 0 bridgehead atoms. The summed E-state index contributed by atoms with van der Waals surface area (Å²) >= 11 is 6.08. The minimum atomic E-state index is -0.0872. The van der Waals surface area contributed by atoms with Gasteiger partial charge in [-0.25, -0.2) is 4.98 Å². The zero-order chi connectivity index (χ0) is 17.7. The van der Waals surface area contributed by atoms with E-state index in [1.807, 2.05) is 30.3 Å². The third-order valence-electron chi connectivity index (χ3n) is 4.74. The fraction of sp³-hybridized carbons (Fsp3) is 0.100. The Labute approximate surface area is 155 Å². The molecule has 2 aromatic heterocycles. The second-order valence-electron chi connectivity index (χ2n) is 6.16. The van der Waals surface area contributed by atoms with Gasteiger partial charge >= 0.3 is 0 Å². The highest BCUT2D eigenvalue weighted by Gasteiger charge is 2.30. The van der Waals surface area contributed by atoms with Gasteiger partial charge in [-0.1, -0.05) is 36.4 Å². The first kappa shape index (κ1) is 15.2. The van der Waals surface area contributed by atoms with Crippen molar-refractivity contribution in [1.29, 1.82) is 0 Å². The van der Waals surface area contributed by atoms with Crippen LogP contribution >= 0.6 is 11.6 Å². The fourth-order valence-corrected chi connectivity index (χ4v) is 3.75. The highest BCUT2D eigenvalue weighted by molar-refractivity contribution is 6.28. The van der Waals surface area contributed by atoms with E-state index < -0.39 is 0 Å². The maximum atomic E-state index is 6.08. The quantitative estimate of drug-likeness (QED) is 0.529. The molecule has 26 heavy (non-hydrogen) atoms. The summed E-state index contributed by atoms with van der Waals surface area (Å²) < 4.78 is 7.74. The van der Waals surface area contributed by atoms with Crippen molar-refractivity contribution in [2.45, 2.75) is 6.04 Å². The second kappa shape index (κ2) is 5.75. The Morgan fingerprint density at radius 2 is 1.92 bits per heavy atom. The summed E-state index contributed by atoms with van der Waals surface area (Å²) in [6.07, 6.45) is 1.73. The van der Waals surface area contributed by atoms with Crippen molar-refractivity contribution in [1.82, 2.24) is 14.5 Å². The molecule has 5 nitrogen and oxygen atoms in total. The molecular weight excluding hydrogens is 348 g/mol. The normalized spacial score (nSPS) is 15.2. The molecule has 1 aliphatic heterocycles. The van der Waals surface area contributed by atoms with Gasteiger partial charge in [0.1, 0.15) is 5.75 Å². The van der Waals surface area contributed by atoms with Gasteiger partial charge in [0.05, 0.1) is 36.2 Å². The number of para-hydroxylation sites is 2. The third-order valence-corrected chi connectivity index (χ3v) is 4.92. The van der Waals surface area contributed by atoms with Gasteiger partial charge in [0.15, 0.2) is 5.82 Å². The van der Waals surface area contributed by atoms with Crippen LogP contribution in [0.3, 0.4) is 0 Å².